The van der Waals surface area contributed by atoms with E-state index < -0.39 is 10.0 Å². The normalized spacial score (nSPS) is 19.8. The molecular formula is C14H22N2O3S. The van der Waals surface area contributed by atoms with Gasteiger partial charge in [-0.3, -0.25) is 4.90 Å². The van der Waals surface area contributed by atoms with Crippen LogP contribution in [0.2, 0.25) is 0 Å². The van der Waals surface area contributed by atoms with Crippen LogP contribution in [0, 0.1) is 0 Å². The van der Waals surface area contributed by atoms with Gasteiger partial charge in [0.15, 0.2) is 0 Å². The standard InChI is InChI=1S/C14H22N2O3S/c1-15-20(18,19)10-4-8-16-9-7-12-5-2-3-6-13(12)14(16)11-17/h2-3,5-6,14-15,17H,4,7-11H2,1H3. The average Bonchev–Trinajstić information content (AvgIpc) is 2.46. The molecule has 0 bridgehead atoms. The molecule has 2 N–H and O–H groups in total. The van der Waals surface area contributed by atoms with E-state index in [2.05, 4.69) is 15.7 Å². The van der Waals surface area contributed by atoms with Crippen molar-refractivity contribution in [3.8, 4) is 0 Å². The van der Waals surface area contributed by atoms with Gasteiger partial charge in [-0.1, -0.05) is 24.3 Å². The van der Waals surface area contributed by atoms with Crippen LogP contribution in [0.4, 0.5) is 0 Å². The van der Waals surface area contributed by atoms with Crippen molar-refractivity contribution in [2.45, 2.75) is 18.9 Å². The number of fused-ring (bicyclic) bond motifs is 1. The Bertz CT molecular complexity index is 545. The van der Waals surface area contributed by atoms with E-state index in [1.807, 2.05) is 18.2 Å². The summed E-state index contributed by atoms with van der Waals surface area (Å²) in [5.74, 6) is 0.125. The van der Waals surface area contributed by atoms with Crippen LogP contribution in [0.15, 0.2) is 24.3 Å². The SMILES string of the molecule is CNS(=O)(=O)CCCN1CCc2ccccc2C1CO. The van der Waals surface area contributed by atoms with Crippen molar-refractivity contribution in [1.29, 1.82) is 0 Å². The second-order valence-electron chi connectivity index (χ2n) is 5.06. The van der Waals surface area contributed by atoms with Gasteiger partial charge in [-0.05, 0) is 37.6 Å². The lowest BCUT2D eigenvalue weighted by atomic mass is 9.93. The summed E-state index contributed by atoms with van der Waals surface area (Å²) in [6, 6.07) is 8.13. The van der Waals surface area contributed by atoms with E-state index >= 15 is 0 Å². The van der Waals surface area contributed by atoms with E-state index in [4.69, 9.17) is 0 Å². The lowest BCUT2D eigenvalue weighted by Gasteiger charge is -2.36. The zero-order valence-corrected chi connectivity index (χ0v) is 12.6. The number of sulfonamides is 1. The Labute approximate surface area is 120 Å². The maximum Gasteiger partial charge on any atom is 0.211 e. The second-order valence-corrected chi connectivity index (χ2v) is 7.11. The van der Waals surface area contributed by atoms with Gasteiger partial charge in [-0.25, -0.2) is 13.1 Å². The van der Waals surface area contributed by atoms with E-state index in [0.29, 0.717) is 13.0 Å². The van der Waals surface area contributed by atoms with Crippen molar-refractivity contribution < 1.29 is 13.5 Å². The Morgan fingerprint density at radius 1 is 1.40 bits per heavy atom. The highest BCUT2D eigenvalue weighted by Gasteiger charge is 2.26. The van der Waals surface area contributed by atoms with Crippen LogP contribution in [0.25, 0.3) is 0 Å². The molecule has 1 aromatic carbocycles. The minimum absolute atomic E-state index is 0.0164. The first kappa shape index (κ1) is 15.4. The monoisotopic (exact) mass is 298 g/mol. The number of hydrogen-bond acceptors (Lipinski definition) is 4. The van der Waals surface area contributed by atoms with Gasteiger partial charge in [0, 0.05) is 6.54 Å². The van der Waals surface area contributed by atoms with Gasteiger partial charge in [-0.2, -0.15) is 0 Å². The Kier molecular flexibility index (Phi) is 5.15. The van der Waals surface area contributed by atoms with Crippen LogP contribution in [0.1, 0.15) is 23.6 Å². The minimum Gasteiger partial charge on any atom is -0.394 e. The molecule has 1 atom stereocenters. The fourth-order valence-corrected chi connectivity index (χ4v) is 3.46. The third kappa shape index (κ3) is 3.58. The van der Waals surface area contributed by atoms with Gasteiger partial charge >= 0.3 is 0 Å². The van der Waals surface area contributed by atoms with Crippen molar-refractivity contribution in [3.63, 3.8) is 0 Å². The summed E-state index contributed by atoms with van der Waals surface area (Å²) in [5.41, 5.74) is 2.45. The molecule has 0 saturated carbocycles. The van der Waals surface area contributed by atoms with Crippen LogP contribution >= 0.6 is 0 Å². The molecule has 112 valence electrons. The fraction of sp³-hybridized carbons (Fsp3) is 0.571. The molecule has 0 saturated heterocycles. The number of aliphatic hydroxyl groups excluding tert-OH is 1. The van der Waals surface area contributed by atoms with E-state index in [0.717, 1.165) is 18.5 Å². The summed E-state index contributed by atoms with van der Waals surface area (Å²) in [5, 5.41) is 9.64. The zero-order chi connectivity index (χ0) is 14.6. The van der Waals surface area contributed by atoms with Gasteiger partial charge in [0.05, 0.1) is 18.4 Å². The number of nitrogens with zero attached hydrogens (tertiary/aromatic N) is 1. The highest BCUT2D eigenvalue weighted by Crippen LogP contribution is 2.29. The molecule has 1 unspecified atom stereocenters. The Hall–Kier alpha value is -0.950. The molecule has 0 amide bonds. The molecule has 1 aromatic rings. The number of rotatable bonds is 6. The van der Waals surface area contributed by atoms with Gasteiger partial charge < -0.3 is 5.11 Å². The van der Waals surface area contributed by atoms with E-state index in [1.165, 1.54) is 12.6 Å². The molecular weight excluding hydrogens is 276 g/mol. The topological polar surface area (TPSA) is 69.6 Å². The maximum absolute atomic E-state index is 11.4. The average molecular weight is 298 g/mol. The third-order valence-electron chi connectivity index (χ3n) is 3.87. The largest absolute Gasteiger partial charge is 0.394 e. The van der Waals surface area contributed by atoms with Gasteiger partial charge in [-0.15, -0.1) is 0 Å². The lowest BCUT2D eigenvalue weighted by Crippen LogP contribution is -2.38. The first-order chi connectivity index (χ1) is 9.57. The van der Waals surface area contributed by atoms with E-state index in [1.54, 1.807) is 0 Å². The number of nitrogens with one attached hydrogen (secondary N) is 1. The molecule has 1 heterocycles. The Balaban J connectivity index is 2.00. The van der Waals surface area contributed by atoms with Gasteiger partial charge in [0.2, 0.25) is 10.0 Å². The summed E-state index contributed by atoms with van der Waals surface area (Å²) >= 11 is 0. The summed E-state index contributed by atoms with van der Waals surface area (Å²) in [6.07, 6.45) is 1.52. The van der Waals surface area contributed by atoms with Crippen molar-refractivity contribution in [2.24, 2.45) is 0 Å². The molecule has 0 aliphatic carbocycles. The zero-order valence-electron chi connectivity index (χ0n) is 11.7. The first-order valence-corrected chi connectivity index (χ1v) is 8.56. The molecule has 0 spiro atoms. The van der Waals surface area contributed by atoms with Crippen molar-refractivity contribution in [2.75, 3.05) is 32.5 Å². The number of hydrogen-bond donors (Lipinski definition) is 2. The van der Waals surface area contributed by atoms with Gasteiger partial charge in [0.25, 0.3) is 0 Å². The summed E-state index contributed by atoms with van der Waals surface area (Å²) in [7, 11) is -1.71. The van der Waals surface area contributed by atoms with Crippen molar-refractivity contribution in [1.82, 2.24) is 9.62 Å². The minimum atomic E-state index is -3.14. The summed E-state index contributed by atoms with van der Waals surface area (Å²) < 4.78 is 25.1. The van der Waals surface area contributed by atoms with Gasteiger partial charge in [0.1, 0.15) is 0 Å². The lowest BCUT2D eigenvalue weighted by molar-refractivity contribution is 0.115. The molecule has 0 fully saturated rings. The maximum atomic E-state index is 11.4. The van der Waals surface area contributed by atoms with Crippen LogP contribution in [0.5, 0.6) is 0 Å². The molecule has 2 rings (SSSR count). The third-order valence-corrected chi connectivity index (χ3v) is 5.31. The smallest absolute Gasteiger partial charge is 0.211 e. The van der Waals surface area contributed by atoms with E-state index in [9.17, 15) is 13.5 Å². The van der Waals surface area contributed by atoms with E-state index in [-0.39, 0.29) is 18.4 Å². The molecule has 5 nitrogen and oxygen atoms in total. The predicted octanol–water partition coefficient (Wildman–Crippen LogP) is 0.517. The predicted molar refractivity (Wildman–Crippen MR) is 79.0 cm³/mol. The highest BCUT2D eigenvalue weighted by atomic mass is 32.2. The molecule has 1 aliphatic rings. The molecule has 1 aliphatic heterocycles. The first-order valence-electron chi connectivity index (χ1n) is 6.91. The summed E-state index contributed by atoms with van der Waals surface area (Å²) in [6.45, 7) is 1.61. The molecule has 6 heteroatoms. The molecule has 0 aromatic heterocycles. The molecule has 0 radical (unpaired) electrons. The molecule has 20 heavy (non-hydrogen) atoms. The quantitative estimate of drug-likeness (QED) is 0.803. The number of aliphatic hydroxyl groups is 1. The second kappa shape index (κ2) is 6.67. The van der Waals surface area contributed by atoms with Crippen LogP contribution in [-0.4, -0.2) is 50.9 Å². The van der Waals surface area contributed by atoms with Crippen molar-refractivity contribution in [3.05, 3.63) is 35.4 Å². The Morgan fingerprint density at radius 3 is 2.85 bits per heavy atom. The van der Waals surface area contributed by atoms with Crippen LogP contribution in [-0.2, 0) is 16.4 Å². The van der Waals surface area contributed by atoms with Crippen LogP contribution < -0.4 is 4.72 Å². The Morgan fingerprint density at radius 2 is 2.15 bits per heavy atom. The van der Waals surface area contributed by atoms with Crippen molar-refractivity contribution >= 4 is 10.0 Å². The van der Waals surface area contributed by atoms with Crippen LogP contribution in [0.3, 0.4) is 0 Å². The fourth-order valence-electron chi connectivity index (χ4n) is 2.74. The highest BCUT2D eigenvalue weighted by molar-refractivity contribution is 7.89. The summed E-state index contributed by atoms with van der Waals surface area (Å²) in [4.78, 5) is 2.17. The number of benzene rings is 1.